The zero-order valence-corrected chi connectivity index (χ0v) is 10.1. The van der Waals surface area contributed by atoms with Crippen molar-refractivity contribution < 1.29 is 13.5 Å². The number of halogens is 2. The summed E-state index contributed by atoms with van der Waals surface area (Å²) in [7, 11) is 0. The maximum Gasteiger partial charge on any atom is 0.128 e. The van der Waals surface area contributed by atoms with Crippen molar-refractivity contribution in [3.8, 4) is 6.07 Å². The van der Waals surface area contributed by atoms with E-state index in [0.717, 1.165) is 6.07 Å². The van der Waals surface area contributed by atoms with Gasteiger partial charge >= 0.3 is 0 Å². The van der Waals surface area contributed by atoms with Crippen LogP contribution in [0.15, 0.2) is 42.5 Å². The molecule has 96 valence electrons. The maximum absolute atomic E-state index is 13.3. The average Bonchev–Trinajstić information content (AvgIpc) is 2.40. The van der Waals surface area contributed by atoms with Gasteiger partial charge in [-0.25, -0.2) is 8.78 Å². The summed E-state index contributed by atoms with van der Waals surface area (Å²) >= 11 is 0. The van der Waals surface area contributed by atoms with E-state index >= 15 is 0 Å². The zero-order chi connectivity index (χ0) is 13.7. The van der Waals surface area contributed by atoms with Crippen LogP contribution < -0.4 is 0 Å². The minimum absolute atomic E-state index is 0.102. The second kappa shape index (κ2) is 6.07. The number of benzene rings is 2. The highest BCUT2D eigenvalue weighted by Gasteiger charge is 2.03. The Labute approximate surface area is 109 Å². The van der Waals surface area contributed by atoms with Gasteiger partial charge in [0, 0.05) is 5.56 Å². The van der Waals surface area contributed by atoms with Gasteiger partial charge in [0.05, 0.1) is 24.8 Å². The summed E-state index contributed by atoms with van der Waals surface area (Å²) < 4.78 is 31.8. The summed E-state index contributed by atoms with van der Waals surface area (Å²) in [6, 6.07) is 12.2. The number of hydrogen-bond acceptors (Lipinski definition) is 2. The average molecular weight is 259 g/mol. The largest absolute Gasteiger partial charge is 0.372 e. The van der Waals surface area contributed by atoms with Crippen LogP contribution in [0.3, 0.4) is 0 Å². The van der Waals surface area contributed by atoms with E-state index < -0.39 is 5.82 Å². The molecule has 19 heavy (non-hydrogen) atoms. The van der Waals surface area contributed by atoms with Crippen LogP contribution in [0.25, 0.3) is 0 Å². The molecule has 0 aliphatic heterocycles. The molecular weight excluding hydrogens is 248 g/mol. The number of rotatable bonds is 4. The first kappa shape index (κ1) is 13.2. The smallest absolute Gasteiger partial charge is 0.128 e. The Hall–Kier alpha value is -2.25. The fraction of sp³-hybridized carbons (Fsp3) is 0.133. The van der Waals surface area contributed by atoms with Crippen LogP contribution in [0, 0.1) is 23.0 Å². The summed E-state index contributed by atoms with van der Waals surface area (Å²) in [6.07, 6.45) is 0. The first-order chi connectivity index (χ1) is 9.19. The summed E-state index contributed by atoms with van der Waals surface area (Å²) in [5, 5.41) is 8.72. The predicted octanol–water partition coefficient (Wildman–Crippen LogP) is 3.55. The van der Waals surface area contributed by atoms with Gasteiger partial charge in [-0.3, -0.25) is 0 Å². The van der Waals surface area contributed by atoms with Gasteiger partial charge in [-0.05, 0) is 29.8 Å². The van der Waals surface area contributed by atoms with Gasteiger partial charge in [0.25, 0.3) is 0 Å². The molecule has 2 nitrogen and oxygen atoms in total. The fourth-order valence-corrected chi connectivity index (χ4v) is 1.69. The Balaban J connectivity index is 1.98. The number of nitriles is 1. The lowest BCUT2D eigenvalue weighted by molar-refractivity contribution is 0.104. The molecule has 0 N–H and O–H groups in total. The molecule has 2 aromatic carbocycles. The van der Waals surface area contributed by atoms with Crippen molar-refractivity contribution >= 4 is 0 Å². The topological polar surface area (TPSA) is 33.0 Å². The quantitative estimate of drug-likeness (QED) is 0.841. The van der Waals surface area contributed by atoms with Crippen LogP contribution in [0.5, 0.6) is 0 Å². The monoisotopic (exact) mass is 259 g/mol. The first-order valence-electron chi connectivity index (χ1n) is 5.70. The highest BCUT2D eigenvalue weighted by Crippen LogP contribution is 2.12. The molecule has 0 fully saturated rings. The van der Waals surface area contributed by atoms with E-state index in [2.05, 4.69) is 0 Å². The van der Waals surface area contributed by atoms with Crippen LogP contribution >= 0.6 is 0 Å². The van der Waals surface area contributed by atoms with Crippen LogP contribution in [0.4, 0.5) is 8.78 Å². The summed E-state index contributed by atoms with van der Waals surface area (Å²) in [5.41, 5.74) is 1.23. The Morgan fingerprint density at radius 1 is 1.05 bits per heavy atom. The summed E-state index contributed by atoms with van der Waals surface area (Å²) in [6.45, 7) is 0.228. The molecule has 4 heteroatoms. The predicted molar refractivity (Wildman–Crippen MR) is 66.0 cm³/mol. The maximum atomic E-state index is 13.3. The van der Waals surface area contributed by atoms with E-state index in [0.29, 0.717) is 11.1 Å². The normalized spacial score (nSPS) is 10.2. The standard InChI is InChI=1S/C15H11F2NO/c16-14-6-11(8-18)5-12(7-14)9-19-10-13-3-1-2-4-15(13)17/h1-7H,9-10H2. The molecule has 0 amide bonds. The second-order valence-corrected chi connectivity index (χ2v) is 4.04. The van der Waals surface area contributed by atoms with Crippen molar-refractivity contribution in [3.63, 3.8) is 0 Å². The highest BCUT2D eigenvalue weighted by molar-refractivity contribution is 5.33. The molecule has 0 aliphatic carbocycles. The summed E-state index contributed by atoms with van der Waals surface area (Å²) in [4.78, 5) is 0. The molecule has 0 aliphatic rings. The summed E-state index contributed by atoms with van der Waals surface area (Å²) in [5.74, 6) is -0.817. The first-order valence-corrected chi connectivity index (χ1v) is 5.70. The van der Waals surface area contributed by atoms with E-state index in [1.54, 1.807) is 24.3 Å². The van der Waals surface area contributed by atoms with Crippen LogP contribution in [0.2, 0.25) is 0 Å². The third-order valence-electron chi connectivity index (χ3n) is 2.57. The minimum atomic E-state index is -0.483. The van der Waals surface area contributed by atoms with Crippen molar-refractivity contribution in [2.45, 2.75) is 13.2 Å². The molecule has 2 rings (SSSR count). The molecule has 0 aromatic heterocycles. The molecular formula is C15H11F2NO. The van der Waals surface area contributed by atoms with Gasteiger partial charge in [-0.15, -0.1) is 0 Å². The van der Waals surface area contributed by atoms with Crippen molar-refractivity contribution in [2.75, 3.05) is 0 Å². The van der Waals surface area contributed by atoms with E-state index in [1.165, 1.54) is 12.1 Å². The van der Waals surface area contributed by atoms with E-state index in [9.17, 15) is 8.78 Å². The fourth-order valence-electron chi connectivity index (χ4n) is 1.69. The Morgan fingerprint density at radius 2 is 1.84 bits per heavy atom. The van der Waals surface area contributed by atoms with Gasteiger partial charge in [-0.1, -0.05) is 18.2 Å². The van der Waals surface area contributed by atoms with Crippen LogP contribution in [0.1, 0.15) is 16.7 Å². The Kier molecular flexibility index (Phi) is 4.22. The number of ether oxygens (including phenoxy) is 1. The second-order valence-electron chi connectivity index (χ2n) is 4.04. The van der Waals surface area contributed by atoms with E-state index in [4.69, 9.17) is 10.00 Å². The van der Waals surface area contributed by atoms with Crippen LogP contribution in [-0.2, 0) is 18.0 Å². The Morgan fingerprint density at radius 3 is 2.58 bits per heavy atom. The molecule has 0 heterocycles. The minimum Gasteiger partial charge on any atom is -0.372 e. The lowest BCUT2D eigenvalue weighted by Gasteiger charge is -2.06. The lowest BCUT2D eigenvalue weighted by atomic mass is 10.1. The van der Waals surface area contributed by atoms with E-state index in [-0.39, 0.29) is 24.6 Å². The van der Waals surface area contributed by atoms with Crippen molar-refractivity contribution in [1.82, 2.24) is 0 Å². The lowest BCUT2D eigenvalue weighted by Crippen LogP contribution is -1.97. The molecule has 0 radical (unpaired) electrons. The molecule has 0 saturated carbocycles. The van der Waals surface area contributed by atoms with Gasteiger partial charge in [-0.2, -0.15) is 5.26 Å². The third-order valence-corrected chi connectivity index (χ3v) is 2.57. The molecule has 0 atom stereocenters. The van der Waals surface area contributed by atoms with Crippen molar-refractivity contribution in [1.29, 1.82) is 5.26 Å². The molecule has 0 unspecified atom stereocenters. The third kappa shape index (κ3) is 3.60. The highest BCUT2D eigenvalue weighted by atomic mass is 19.1. The van der Waals surface area contributed by atoms with Crippen LogP contribution in [-0.4, -0.2) is 0 Å². The van der Waals surface area contributed by atoms with Gasteiger partial charge < -0.3 is 4.74 Å². The molecule has 0 bridgehead atoms. The van der Waals surface area contributed by atoms with Gasteiger partial charge in [0.15, 0.2) is 0 Å². The van der Waals surface area contributed by atoms with Gasteiger partial charge in [0.1, 0.15) is 11.6 Å². The Bertz CT molecular complexity index is 620. The van der Waals surface area contributed by atoms with Crippen molar-refractivity contribution in [3.05, 3.63) is 70.8 Å². The molecule has 2 aromatic rings. The van der Waals surface area contributed by atoms with E-state index in [1.807, 2.05) is 6.07 Å². The zero-order valence-electron chi connectivity index (χ0n) is 10.1. The number of hydrogen-bond donors (Lipinski definition) is 0. The molecule has 0 spiro atoms. The van der Waals surface area contributed by atoms with Gasteiger partial charge in [0.2, 0.25) is 0 Å². The SMILES string of the molecule is N#Cc1cc(F)cc(COCc2ccccc2F)c1. The van der Waals surface area contributed by atoms with Crippen molar-refractivity contribution in [2.24, 2.45) is 0 Å². The molecule has 0 saturated heterocycles. The number of nitrogens with zero attached hydrogens (tertiary/aromatic N) is 1.